The summed E-state index contributed by atoms with van der Waals surface area (Å²) >= 11 is 17.1. The first-order chi connectivity index (χ1) is 7.52. The van der Waals surface area contributed by atoms with Gasteiger partial charge in [0, 0.05) is 13.2 Å². The van der Waals surface area contributed by atoms with Crippen LogP contribution in [0.1, 0.15) is 45.4 Å². The van der Waals surface area contributed by atoms with Crippen LogP contribution in [0.15, 0.2) is 0 Å². The van der Waals surface area contributed by atoms with E-state index in [0.717, 1.165) is 12.8 Å². The summed E-state index contributed by atoms with van der Waals surface area (Å²) in [6.07, 6.45) is 6.77. The minimum atomic E-state index is -1.42. The van der Waals surface area contributed by atoms with Crippen molar-refractivity contribution in [3.05, 3.63) is 0 Å². The van der Waals surface area contributed by atoms with Gasteiger partial charge in [0.15, 0.2) is 0 Å². The highest BCUT2D eigenvalue weighted by Crippen LogP contribution is 2.31. The lowest BCUT2D eigenvalue weighted by molar-refractivity contribution is 0.0589. The summed E-state index contributed by atoms with van der Waals surface area (Å²) in [5.74, 6) is 0. The predicted molar refractivity (Wildman–Crippen MR) is 72.5 cm³/mol. The van der Waals surface area contributed by atoms with Crippen molar-refractivity contribution < 1.29 is 4.74 Å². The summed E-state index contributed by atoms with van der Waals surface area (Å²) in [6.45, 7) is 3.05. The molecular weight excluding hydrogens is 268 g/mol. The van der Waals surface area contributed by atoms with Crippen LogP contribution in [-0.4, -0.2) is 23.0 Å². The van der Waals surface area contributed by atoms with E-state index in [2.05, 4.69) is 6.92 Å². The van der Waals surface area contributed by atoms with Crippen molar-refractivity contribution in [2.75, 3.05) is 13.2 Å². The van der Waals surface area contributed by atoms with Crippen molar-refractivity contribution in [1.82, 2.24) is 0 Å². The topological polar surface area (TPSA) is 35.2 Å². The van der Waals surface area contributed by atoms with Crippen LogP contribution in [0, 0.1) is 0 Å². The van der Waals surface area contributed by atoms with Gasteiger partial charge in [-0.2, -0.15) is 0 Å². The van der Waals surface area contributed by atoms with Gasteiger partial charge < -0.3 is 10.5 Å². The molecule has 0 saturated carbocycles. The molecule has 0 rings (SSSR count). The third-order valence-corrected chi connectivity index (χ3v) is 3.13. The maximum absolute atomic E-state index is 5.71. The molecule has 0 radical (unpaired) electrons. The van der Waals surface area contributed by atoms with E-state index < -0.39 is 9.90 Å². The molecule has 5 heteroatoms. The second-order valence-electron chi connectivity index (χ2n) is 3.90. The quantitative estimate of drug-likeness (QED) is 0.513. The summed E-state index contributed by atoms with van der Waals surface area (Å²) < 4.78 is 4.02. The van der Waals surface area contributed by atoms with Gasteiger partial charge in [0.05, 0.1) is 0 Å². The number of nitrogens with two attached hydrogens (primary N) is 1. The van der Waals surface area contributed by atoms with E-state index in [1.165, 1.54) is 25.7 Å². The standard InChI is InChI=1S/C11H22Cl3NO/c1-2-3-4-5-6-7-8-16-10(9-15)11(12,13)14/h10H,2-9,15H2,1H3. The monoisotopic (exact) mass is 289 g/mol. The smallest absolute Gasteiger partial charge is 0.217 e. The Morgan fingerprint density at radius 3 is 2.12 bits per heavy atom. The van der Waals surface area contributed by atoms with Crippen molar-refractivity contribution in [3.63, 3.8) is 0 Å². The molecule has 0 bridgehead atoms. The molecule has 0 aromatic rings. The van der Waals surface area contributed by atoms with Crippen molar-refractivity contribution >= 4 is 34.8 Å². The van der Waals surface area contributed by atoms with Crippen LogP contribution in [0.4, 0.5) is 0 Å². The molecule has 1 unspecified atom stereocenters. The maximum Gasteiger partial charge on any atom is 0.217 e. The van der Waals surface area contributed by atoms with Crippen LogP contribution < -0.4 is 5.73 Å². The summed E-state index contributed by atoms with van der Waals surface area (Å²) in [5.41, 5.74) is 5.46. The number of halogens is 3. The fraction of sp³-hybridized carbons (Fsp3) is 1.00. The average molecular weight is 291 g/mol. The Kier molecular flexibility index (Phi) is 10.3. The van der Waals surface area contributed by atoms with Crippen molar-refractivity contribution in [2.24, 2.45) is 5.73 Å². The third kappa shape index (κ3) is 8.89. The lowest BCUT2D eigenvalue weighted by Gasteiger charge is -2.23. The maximum atomic E-state index is 5.71. The van der Waals surface area contributed by atoms with Gasteiger partial charge in [-0.1, -0.05) is 73.8 Å². The fourth-order valence-electron chi connectivity index (χ4n) is 1.40. The van der Waals surface area contributed by atoms with Gasteiger partial charge in [-0.25, -0.2) is 0 Å². The molecule has 1 atom stereocenters. The van der Waals surface area contributed by atoms with Gasteiger partial charge in [-0.05, 0) is 6.42 Å². The molecule has 0 aliphatic carbocycles. The van der Waals surface area contributed by atoms with E-state index in [1.807, 2.05) is 0 Å². The number of rotatable bonds is 9. The van der Waals surface area contributed by atoms with E-state index in [0.29, 0.717) is 6.61 Å². The molecule has 98 valence electrons. The molecule has 0 fully saturated rings. The molecule has 0 spiro atoms. The van der Waals surface area contributed by atoms with Crippen molar-refractivity contribution in [2.45, 2.75) is 55.3 Å². The van der Waals surface area contributed by atoms with Gasteiger partial charge in [0.25, 0.3) is 0 Å². The first-order valence-corrected chi connectivity index (χ1v) is 7.04. The van der Waals surface area contributed by atoms with E-state index >= 15 is 0 Å². The minimum Gasteiger partial charge on any atom is -0.372 e. The first-order valence-electron chi connectivity index (χ1n) is 5.90. The predicted octanol–water partition coefficient (Wildman–Crippen LogP) is 4.06. The Bertz CT molecular complexity index is 162. The van der Waals surface area contributed by atoms with E-state index in [1.54, 1.807) is 0 Å². The van der Waals surface area contributed by atoms with Crippen LogP contribution >= 0.6 is 34.8 Å². The largest absolute Gasteiger partial charge is 0.372 e. The Morgan fingerprint density at radius 1 is 1.06 bits per heavy atom. The first kappa shape index (κ1) is 16.8. The molecule has 16 heavy (non-hydrogen) atoms. The molecule has 0 aromatic heterocycles. The zero-order valence-electron chi connectivity index (χ0n) is 9.85. The van der Waals surface area contributed by atoms with Crippen molar-refractivity contribution in [1.29, 1.82) is 0 Å². The van der Waals surface area contributed by atoms with Crippen LogP contribution in [0.3, 0.4) is 0 Å². The van der Waals surface area contributed by atoms with Gasteiger partial charge in [-0.3, -0.25) is 0 Å². The summed E-state index contributed by atoms with van der Waals surface area (Å²) in [7, 11) is 0. The second kappa shape index (κ2) is 9.78. The molecule has 0 heterocycles. The molecule has 0 amide bonds. The Morgan fingerprint density at radius 2 is 1.62 bits per heavy atom. The van der Waals surface area contributed by atoms with Gasteiger partial charge in [0.2, 0.25) is 3.79 Å². The molecule has 2 nitrogen and oxygen atoms in total. The number of alkyl halides is 3. The lowest BCUT2D eigenvalue weighted by Crippen LogP contribution is -2.36. The molecule has 0 aliphatic heterocycles. The molecule has 0 aromatic carbocycles. The van der Waals surface area contributed by atoms with Crippen molar-refractivity contribution in [3.8, 4) is 0 Å². The normalized spacial score (nSPS) is 14.1. The Hall–Kier alpha value is 0.790. The minimum absolute atomic E-state index is 0.229. The number of unbranched alkanes of at least 4 members (excludes halogenated alkanes) is 5. The fourth-order valence-corrected chi connectivity index (χ4v) is 1.86. The SMILES string of the molecule is CCCCCCCCOC(CN)C(Cl)(Cl)Cl. The second-order valence-corrected chi connectivity index (χ2v) is 6.27. The molecular formula is C11H22Cl3NO. The zero-order chi connectivity index (χ0) is 12.4. The van der Waals surface area contributed by atoms with Crippen LogP contribution in [0.2, 0.25) is 0 Å². The van der Waals surface area contributed by atoms with Crippen LogP contribution in [0.25, 0.3) is 0 Å². The highest BCUT2D eigenvalue weighted by molar-refractivity contribution is 6.68. The Balaban J connectivity index is 3.42. The number of hydrogen-bond acceptors (Lipinski definition) is 2. The molecule has 2 N–H and O–H groups in total. The van der Waals surface area contributed by atoms with Crippen LogP contribution in [-0.2, 0) is 4.74 Å². The number of ether oxygens (including phenoxy) is 1. The van der Waals surface area contributed by atoms with Crippen LogP contribution in [0.5, 0.6) is 0 Å². The highest BCUT2D eigenvalue weighted by atomic mass is 35.6. The number of hydrogen-bond donors (Lipinski definition) is 1. The van der Waals surface area contributed by atoms with Gasteiger partial charge in [0.1, 0.15) is 6.10 Å². The zero-order valence-corrected chi connectivity index (χ0v) is 12.1. The van der Waals surface area contributed by atoms with E-state index in [4.69, 9.17) is 45.3 Å². The van der Waals surface area contributed by atoms with E-state index in [-0.39, 0.29) is 6.54 Å². The summed E-state index contributed by atoms with van der Waals surface area (Å²) in [6, 6.07) is 0. The third-order valence-electron chi connectivity index (χ3n) is 2.40. The van der Waals surface area contributed by atoms with Gasteiger partial charge in [-0.15, -0.1) is 0 Å². The summed E-state index contributed by atoms with van der Waals surface area (Å²) in [5, 5.41) is 0. The summed E-state index contributed by atoms with van der Waals surface area (Å²) in [4.78, 5) is 0. The molecule has 0 aliphatic rings. The average Bonchev–Trinajstić information content (AvgIpc) is 2.20. The Labute approximate surface area is 114 Å². The molecule has 0 saturated heterocycles. The van der Waals surface area contributed by atoms with Gasteiger partial charge >= 0.3 is 0 Å². The van der Waals surface area contributed by atoms with E-state index in [9.17, 15) is 0 Å². The highest BCUT2D eigenvalue weighted by Gasteiger charge is 2.32. The lowest BCUT2D eigenvalue weighted by atomic mass is 10.1.